The fraction of sp³-hybridized carbons (Fsp3) is 0.429. The topological polar surface area (TPSA) is 92.4 Å². The fourth-order valence-electron chi connectivity index (χ4n) is 2.48. The first-order valence-corrected chi connectivity index (χ1v) is 6.94. The maximum absolute atomic E-state index is 12.1. The van der Waals surface area contributed by atoms with Crippen LogP contribution >= 0.6 is 11.6 Å². The zero-order chi connectivity index (χ0) is 14.7. The van der Waals surface area contributed by atoms with Crippen LogP contribution < -0.4 is 11.1 Å². The molecule has 108 valence electrons. The normalized spacial score (nSPS) is 22.3. The number of nitrogens with two attached hydrogens (primary N) is 1. The van der Waals surface area contributed by atoms with Gasteiger partial charge in [0.05, 0.1) is 10.6 Å². The Balaban J connectivity index is 2.07. The van der Waals surface area contributed by atoms with E-state index >= 15 is 0 Å². The number of amides is 1. The number of halogens is 1. The minimum absolute atomic E-state index is 0.0233. The summed E-state index contributed by atoms with van der Waals surface area (Å²) in [5.41, 5.74) is 6.28. The fourth-order valence-corrected chi connectivity index (χ4v) is 2.68. The highest BCUT2D eigenvalue weighted by molar-refractivity contribution is 6.33. The summed E-state index contributed by atoms with van der Waals surface area (Å²) in [6.45, 7) is 0. The van der Waals surface area contributed by atoms with Crippen LogP contribution in [0.15, 0.2) is 18.2 Å². The number of hydrogen-bond donors (Lipinski definition) is 3. The number of carbonyl (C=O) groups excluding carboxylic acids is 1. The van der Waals surface area contributed by atoms with Gasteiger partial charge in [-0.15, -0.1) is 0 Å². The molecule has 0 bridgehead atoms. The van der Waals surface area contributed by atoms with Gasteiger partial charge in [0.2, 0.25) is 5.91 Å². The van der Waals surface area contributed by atoms with Crippen LogP contribution in [0.5, 0.6) is 0 Å². The number of carboxylic acids is 1. The lowest BCUT2D eigenvalue weighted by molar-refractivity contribution is -0.120. The number of hydrogen-bond acceptors (Lipinski definition) is 3. The van der Waals surface area contributed by atoms with Gasteiger partial charge in [0.1, 0.15) is 0 Å². The van der Waals surface area contributed by atoms with Crippen LogP contribution in [0.1, 0.15) is 36.0 Å². The van der Waals surface area contributed by atoms with Crippen LogP contribution in [0, 0.1) is 5.92 Å². The summed E-state index contributed by atoms with van der Waals surface area (Å²) in [6.07, 6.45) is 3.39. The average Bonchev–Trinajstić information content (AvgIpc) is 2.40. The highest BCUT2D eigenvalue weighted by atomic mass is 35.5. The lowest BCUT2D eigenvalue weighted by atomic mass is 9.85. The van der Waals surface area contributed by atoms with E-state index in [0.29, 0.717) is 12.1 Å². The summed E-state index contributed by atoms with van der Waals surface area (Å²) < 4.78 is 0. The first kappa shape index (κ1) is 14.8. The molecule has 1 fully saturated rings. The molecule has 2 atom stereocenters. The van der Waals surface area contributed by atoms with E-state index in [1.165, 1.54) is 12.1 Å². The van der Waals surface area contributed by atoms with Gasteiger partial charge in [-0.25, -0.2) is 4.79 Å². The van der Waals surface area contributed by atoms with Gasteiger partial charge in [-0.05, 0) is 37.5 Å². The third-order valence-electron chi connectivity index (χ3n) is 3.55. The van der Waals surface area contributed by atoms with Crippen molar-refractivity contribution in [2.24, 2.45) is 11.7 Å². The number of benzene rings is 1. The van der Waals surface area contributed by atoms with E-state index < -0.39 is 5.97 Å². The number of rotatable bonds is 3. The van der Waals surface area contributed by atoms with E-state index in [1.807, 2.05) is 0 Å². The van der Waals surface area contributed by atoms with Gasteiger partial charge in [-0.3, -0.25) is 4.79 Å². The van der Waals surface area contributed by atoms with E-state index in [1.54, 1.807) is 6.07 Å². The molecule has 0 aromatic heterocycles. The van der Waals surface area contributed by atoms with Crippen LogP contribution in [0.3, 0.4) is 0 Å². The number of carboxylic acid groups (broad SMARTS) is 1. The van der Waals surface area contributed by atoms with Gasteiger partial charge in [0.15, 0.2) is 0 Å². The second-order valence-corrected chi connectivity index (χ2v) is 5.52. The van der Waals surface area contributed by atoms with Crippen molar-refractivity contribution >= 4 is 29.2 Å². The Kier molecular flexibility index (Phi) is 4.62. The molecule has 6 heteroatoms. The molecule has 1 aromatic carbocycles. The Bertz CT molecular complexity index is 533. The van der Waals surface area contributed by atoms with Gasteiger partial charge < -0.3 is 16.2 Å². The number of aromatic carboxylic acids is 1. The van der Waals surface area contributed by atoms with Crippen molar-refractivity contribution in [2.45, 2.75) is 31.7 Å². The molecule has 1 aliphatic carbocycles. The summed E-state index contributed by atoms with van der Waals surface area (Å²) >= 11 is 5.79. The van der Waals surface area contributed by atoms with E-state index in [9.17, 15) is 9.59 Å². The average molecular weight is 297 g/mol. The van der Waals surface area contributed by atoms with E-state index in [0.717, 1.165) is 19.3 Å². The standard InChI is InChI=1S/C14H17ClN2O3/c15-12-5-4-10(7-11(12)14(19)20)17-13(18)8-2-1-3-9(16)6-8/h4-5,7-9H,1-3,6,16H2,(H,17,18)(H,19,20). The van der Waals surface area contributed by atoms with Crippen LogP contribution in [0.4, 0.5) is 5.69 Å². The van der Waals surface area contributed by atoms with Crippen molar-refractivity contribution in [3.8, 4) is 0 Å². The molecule has 1 saturated carbocycles. The molecule has 20 heavy (non-hydrogen) atoms. The van der Waals surface area contributed by atoms with Gasteiger partial charge >= 0.3 is 5.97 Å². The summed E-state index contributed by atoms with van der Waals surface area (Å²) in [7, 11) is 0. The Morgan fingerprint density at radius 3 is 2.75 bits per heavy atom. The van der Waals surface area contributed by atoms with Crippen LogP contribution in [-0.4, -0.2) is 23.0 Å². The first-order chi connectivity index (χ1) is 9.47. The molecule has 0 radical (unpaired) electrons. The van der Waals surface area contributed by atoms with E-state index in [2.05, 4.69) is 5.32 Å². The Morgan fingerprint density at radius 2 is 2.10 bits per heavy atom. The van der Waals surface area contributed by atoms with E-state index in [4.69, 9.17) is 22.4 Å². The third-order valence-corrected chi connectivity index (χ3v) is 3.88. The van der Waals surface area contributed by atoms with Crippen LogP contribution in [-0.2, 0) is 4.79 Å². The Hall–Kier alpha value is -1.59. The molecule has 0 heterocycles. The molecule has 5 nitrogen and oxygen atoms in total. The highest BCUT2D eigenvalue weighted by Crippen LogP contribution is 2.26. The Labute approximate surface area is 122 Å². The highest BCUT2D eigenvalue weighted by Gasteiger charge is 2.25. The quantitative estimate of drug-likeness (QED) is 0.799. The summed E-state index contributed by atoms with van der Waals surface area (Å²) in [5, 5.41) is 11.9. The van der Waals surface area contributed by atoms with Gasteiger partial charge in [0.25, 0.3) is 0 Å². The molecule has 4 N–H and O–H groups in total. The maximum Gasteiger partial charge on any atom is 0.337 e. The number of nitrogens with one attached hydrogen (secondary N) is 1. The second-order valence-electron chi connectivity index (χ2n) is 5.11. The number of carbonyl (C=O) groups is 2. The molecule has 0 spiro atoms. The maximum atomic E-state index is 12.1. The van der Waals surface area contributed by atoms with Crippen molar-refractivity contribution in [1.29, 1.82) is 0 Å². The molecule has 2 rings (SSSR count). The molecular formula is C14H17ClN2O3. The number of anilines is 1. The SMILES string of the molecule is NC1CCCC(C(=O)Nc2ccc(Cl)c(C(=O)O)c2)C1. The van der Waals surface area contributed by atoms with Crippen molar-refractivity contribution < 1.29 is 14.7 Å². The van der Waals surface area contributed by atoms with Crippen molar-refractivity contribution in [2.75, 3.05) is 5.32 Å². The largest absolute Gasteiger partial charge is 0.478 e. The van der Waals surface area contributed by atoms with Gasteiger partial charge in [-0.2, -0.15) is 0 Å². The molecule has 1 aliphatic rings. The zero-order valence-electron chi connectivity index (χ0n) is 10.9. The summed E-state index contributed by atoms with van der Waals surface area (Å²) in [6, 6.07) is 4.49. The predicted molar refractivity (Wildman–Crippen MR) is 77.0 cm³/mol. The minimum Gasteiger partial charge on any atom is -0.478 e. The molecule has 2 unspecified atom stereocenters. The van der Waals surface area contributed by atoms with Crippen molar-refractivity contribution in [3.05, 3.63) is 28.8 Å². The molecule has 1 amide bonds. The van der Waals surface area contributed by atoms with Gasteiger partial charge in [-0.1, -0.05) is 18.0 Å². The Morgan fingerprint density at radius 1 is 1.35 bits per heavy atom. The van der Waals surface area contributed by atoms with Crippen molar-refractivity contribution in [3.63, 3.8) is 0 Å². The zero-order valence-corrected chi connectivity index (χ0v) is 11.7. The molecule has 0 saturated heterocycles. The first-order valence-electron chi connectivity index (χ1n) is 6.56. The van der Waals surface area contributed by atoms with Crippen molar-refractivity contribution in [1.82, 2.24) is 0 Å². The smallest absolute Gasteiger partial charge is 0.337 e. The molecule has 0 aliphatic heterocycles. The monoisotopic (exact) mass is 296 g/mol. The third kappa shape index (κ3) is 3.49. The predicted octanol–water partition coefficient (Wildman–Crippen LogP) is 2.49. The lowest BCUT2D eigenvalue weighted by Crippen LogP contribution is -2.34. The second kappa shape index (κ2) is 6.24. The van der Waals surface area contributed by atoms with E-state index in [-0.39, 0.29) is 28.5 Å². The lowest BCUT2D eigenvalue weighted by Gasteiger charge is -2.25. The molecule has 1 aromatic rings. The van der Waals surface area contributed by atoms with Crippen LogP contribution in [0.2, 0.25) is 5.02 Å². The molecular weight excluding hydrogens is 280 g/mol. The summed E-state index contributed by atoms with van der Waals surface area (Å²) in [5.74, 6) is -1.34. The minimum atomic E-state index is -1.12. The van der Waals surface area contributed by atoms with Gasteiger partial charge in [0, 0.05) is 17.6 Å². The summed E-state index contributed by atoms with van der Waals surface area (Å²) in [4.78, 5) is 23.1. The van der Waals surface area contributed by atoms with Crippen LogP contribution in [0.25, 0.3) is 0 Å².